The number of amides is 1. The molecule has 0 spiro atoms. The first kappa shape index (κ1) is 13.0. The van der Waals surface area contributed by atoms with Crippen molar-refractivity contribution < 1.29 is 14.7 Å². The molecule has 0 unspecified atom stereocenters. The molecule has 1 rings (SSSR count). The number of hydrogen-bond acceptors (Lipinski definition) is 2. The minimum atomic E-state index is -0.881. The van der Waals surface area contributed by atoms with E-state index in [1.165, 1.54) is 0 Å². The fourth-order valence-corrected chi connectivity index (χ4v) is 2.02. The van der Waals surface area contributed by atoms with Gasteiger partial charge in [0.25, 0.3) is 0 Å². The molecule has 2 N–H and O–H groups in total. The van der Waals surface area contributed by atoms with Crippen molar-refractivity contribution in [3.05, 3.63) is 0 Å². The molecular formula is C12H21NO3. The first-order valence-corrected chi connectivity index (χ1v) is 6.07. The van der Waals surface area contributed by atoms with Crippen LogP contribution in [-0.2, 0) is 9.59 Å². The molecule has 1 amide bonds. The van der Waals surface area contributed by atoms with Crippen LogP contribution in [0.25, 0.3) is 0 Å². The van der Waals surface area contributed by atoms with Crippen LogP contribution in [0.2, 0.25) is 0 Å². The summed E-state index contributed by atoms with van der Waals surface area (Å²) in [4.78, 5) is 22.9. The molecule has 0 bridgehead atoms. The number of rotatable bonds is 6. The first-order chi connectivity index (χ1) is 7.54. The SMILES string of the molecule is CCC(CC)(CC(=O)NC1CCC1)C(=O)O. The Morgan fingerprint density at radius 1 is 1.31 bits per heavy atom. The maximum Gasteiger partial charge on any atom is 0.310 e. The van der Waals surface area contributed by atoms with E-state index in [1.54, 1.807) is 0 Å². The van der Waals surface area contributed by atoms with Crippen LogP contribution in [0.3, 0.4) is 0 Å². The first-order valence-electron chi connectivity index (χ1n) is 6.07. The van der Waals surface area contributed by atoms with Crippen LogP contribution in [0.5, 0.6) is 0 Å². The van der Waals surface area contributed by atoms with Crippen molar-refractivity contribution in [1.82, 2.24) is 5.32 Å². The third kappa shape index (κ3) is 2.74. The standard InChI is InChI=1S/C12H21NO3/c1-3-12(4-2,11(15)16)8-10(14)13-9-6-5-7-9/h9H,3-8H2,1-2H3,(H,13,14)(H,15,16). The molecule has 0 radical (unpaired) electrons. The number of carbonyl (C=O) groups excluding carboxylic acids is 1. The lowest BCUT2D eigenvalue weighted by molar-refractivity contribution is -0.152. The fraction of sp³-hybridized carbons (Fsp3) is 0.833. The molecule has 92 valence electrons. The van der Waals surface area contributed by atoms with E-state index in [4.69, 9.17) is 0 Å². The van der Waals surface area contributed by atoms with E-state index >= 15 is 0 Å². The highest BCUT2D eigenvalue weighted by Crippen LogP contribution is 2.31. The Morgan fingerprint density at radius 3 is 2.19 bits per heavy atom. The van der Waals surface area contributed by atoms with Crippen LogP contribution in [-0.4, -0.2) is 23.0 Å². The molecule has 1 saturated carbocycles. The predicted octanol–water partition coefficient (Wildman–Crippen LogP) is 1.94. The van der Waals surface area contributed by atoms with E-state index in [1.807, 2.05) is 13.8 Å². The van der Waals surface area contributed by atoms with Crippen molar-refractivity contribution in [3.63, 3.8) is 0 Å². The molecule has 1 aliphatic rings. The van der Waals surface area contributed by atoms with Gasteiger partial charge < -0.3 is 10.4 Å². The summed E-state index contributed by atoms with van der Waals surface area (Å²) in [5, 5.41) is 12.1. The summed E-state index contributed by atoms with van der Waals surface area (Å²) in [5.74, 6) is -0.975. The Labute approximate surface area is 96.4 Å². The monoisotopic (exact) mass is 227 g/mol. The van der Waals surface area contributed by atoms with Gasteiger partial charge in [0.2, 0.25) is 5.91 Å². The zero-order chi connectivity index (χ0) is 12.2. The normalized spacial score (nSPS) is 16.6. The zero-order valence-corrected chi connectivity index (χ0v) is 10.1. The Hall–Kier alpha value is -1.06. The second-order valence-corrected chi connectivity index (χ2v) is 4.66. The molecule has 1 aliphatic carbocycles. The van der Waals surface area contributed by atoms with E-state index < -0.39 is 11.4 Å². The smallest absolute Gasteiger partial charge is 0.310 e. The van der Waals surface area contributed by atoms with Gasteiger partial charge in [-0.3, -0.25) is 9.59 Å². The van der Waals surface area contributed by atoms with E-state index in [0.717, 1.165) is 19.3 Å². The molecule has 0 heterocycles. The minimum absolute atomic E-state index is 0.103. The number of aliphatic carboxylic acids is 1. The highest BCUT2D eigenvalue weighted by molar-refractivity contribution is 5.85. The molecule has 0 aromatic heterocycles. The second kappa shape index (κ2) is 5.32. The second-order valence-electron chi connectivity index (χ2n) is 4.66. The van der Waals surface area contributed by atoms with Crippen molar-refractivity contribution in [3.8, 4) is 0 Å². The molecule has 0 aliphatic heterocycles. The quantitative estimate of drug-likeness (QED) is 0.728. The summed E-state index contributed by atoms with van der Waals surface area (Å²) in [6.45, 7) is 3.66. The molecule has 0 aromatic rings. The lowest BCUT2D eigenvalue weighted by Crippen LogP contribution is -2.43. The summed E-state index contributed by atoms with van der Waals surface area (Å²) in [6, 6.07) is 0.285. The van der Waals surface area contributed by atoms with Crippen LogP contribution < -0.4 is 5.32 Å². The Kier molecular flexibility index (Phi) is 4.33. The number of carboxylic acids is 1. The average Bonchev–Trinajstić information content (AvgIpc) is 2.20. The van der Waals surface area contributed by atoms with Gasteiger partial charge in [-0.15, -0.1) is 0 Å². The molecule has 0 atom stereocenters. The van der Waals surface area contributed by atoms with Gasteiger partial charge in [-0.25, -0.2) is 0 Å². The van der Waals surface area contributed by atoms with Crippen molar-refractivity contribution in [2.24, 2.45) is 5.41 Å². The summed E-state index contributed by atoms with van der Waals surface area (Å²) in [7, 11) is 0. The topological polar surface area (TPSA) is 66.4 Å². The Morgan fingerprint density at radius 2 is 1.88 bits per heavy atom. The predicted molar refractivity (Wildman–Crippen MR) is 61.0 cm³/mol. The summed E-state index contributed by atoms with van der Waals surface area (Å²) < 4.78 is 0. The van der Waals surface area contributed by atoms with Gasteiger partial charge in [-0.2, -0.15) is 0 Å². The maximum absolute atomic E-state index is 11.7. The van der Waals surface area contributed by atoms with Gasteiger partial charge in [-0.05, 0) is 32.1 Å². The molecule has 4 nitrogen and oxygen atoms in total. The van der Waals surface area contributed by atoms with Crippen molar-refractivity contribution >= 4 is 11.9 Å². The van der Waals surface area contributed by atoms with Gasteiger partial charge in [0, 0.05) is 12.5 Å². The van der Waals surface area contributed by atoms with Crippen LogP contribution in [0, 0.1) is 5.41 Å². The van der Waals surface area contributed by atoms with Gasteiger partial charge in [0.05, 0.1) is 5.41 Å². The largest absolute Gasteiger partial charge is 0.481 e. The van der Waals surface area contributed by atoms with Gasteiger partial charge >= 0.3 is 5.97 Å². The van der Waals surface area contributed by atoms with Crippen molar-refractivity contribution in [1.29, 1.82) is 0 Å². The summed E-state index contributed by atoms with van der Waals surface area (Å²) >= 11 is 0. The van der Waals surface area contributed by atoms with Crippen LogP contribution in [0.4, 0.5) is 0 Å². The number of nitrogens with one attached hydrogen (secondary N) is 1. The van der Waals surface area contributed by atoms with E-state index in [2.05, 4.69) is 5.32 Å². The molecule has 1 fully saturated rings. The average molecular weight is 227 g/mol. The highest BCUT2D eigenvalue weighted by Gasteiger charge is 2.37. The number of hydrogen-bond donors (Lipinski definition) is 2. The van der Waals surface area contributed by atoms with E-state index in [0.29, 0.717) is 12.8 Å². The third-order valence-corrected chi connectivity index (χ3v) is 3.78. The van der Waals surface area contributed by atoms with Gasteiger partial charge in [-0.1, -0.05) is 13.8 Å². The molecule has 16 heavy (non-hydrogen) atoms. The molecule has 0 aromatic carbocycles. The number of carboxylic acid groups (broad SMARTS) is 1. The minimum Gasteiger partial charge on any atom is -0.481 e. The fourth-order valence-electron chi connectivity index (χ4n) is 2.02. The Bertz CT molecular complexity index is 267. The van der Waals surface area contributed by atoms with Crippen LogP contribution in [0.15, 0.2) is 0 Å². The van der Waals surface area contributed by atoms with Gasteiger partial charge in [0.15, 0.2) is 0 Å². The third-order valence-electron chi connectivity index (χ3n) is 3.78. The van der Waals surface area contributed by atoms with Crippen LogP contribution in [0.1, 0.15) is 52.4 Å². The molecular weight excluding hydrogens is 206 g/mol. The van der Waals surface area contributed by atoms with Gasteiger partial charge in [0.1, 0.15) is 0 Å². The lowest BCUT2D eigenvalue weighted by atomic mass is 9.79. The lowest BCUT2D eigenvalue weighted by Gasteiger charge is -2.30. The summed E-state index contributed by atoms with van der Waals surface area (Å²) in [5.41, 5.74) is -0.881. The van der Waals surface area contributed by atoms with Crippen molar-refractivity contribution in [2.75, 3.05) is 0 Å². The maximum atomic E-state index is 11.7. The number of carbonyl (C=O) groups is 2. The zero-order valence-electron chi connectivity index (χ0n) is 10.1. The highest BCUT2D eigenvalue weighted by atomic mass is 16.4. The van der Waals surface area contributed by atoms with E-state index in [-0.39, 0.29) is 18.4 Å². The molecule has 4 heteroatoms. The van der Waals surface area contributed by atoms with E-state index in [9.17, 15) is 14.7 Å². The summed E-state index contributed by atoms with van der Waals surface area (Å²) in [6.07, 6.45) is 4.32. The van der Waals surface area contributed by atoms with Crippen molar-refractivity contribution in [2.45, 2.75) is 58.4 Å². The molecule has 0 saturated heterocycles. The Balaban J connectivity index is 2.52. The van der Waals surface area contributed by atoms with Crippen LogP contribution >= 0.6 is 0 Å².